The van der Waals surface area contributed by atoms with Crippen molar-refractivity contribution in [3.05, 3.63) is 53.6 Å². The summed E-state index contributed by atoms with van der Waals surface area (Å²) in [6.07, 6.45) is 3.81. The zero-order chi connectivity index (χ0) is 13.1. The van der Waals surface area contributed by atoms with Crippen molar-refractivity contribution in [2.24, 2.45) is 7.05 Å². The molecule has 2 rings (SSSR count). The lowest BCUT2D eigenvalue weighted by Gasteiger charge is -2.06. The molecule has 0 fully saturated rings. The van der Waals surface area contributed by atoms with Gasteiger partial charge in [0.1, 0.15) is 5.82 Å². The molecule has 5 heteroatoms. The number of rotatable bonds is 3. The van der Waals surface area contributed by atoms with Crippen LogP contribution in [0.15, 0.2) is 36.7 Å². The predicted octanol–water partition coefficient (Wildman–Crippen LogP) is 1.68. The minimum Gasteiger partial charge on any atom is -0.398 e. The minimum absolute atomic E-state index is 0.139. The average Bonchev–Trinajstić information content (AvgIpc) is 2.72. The minimum atomic E-state index is -0.452. The van der Waals surface area contributed by atoms with E-state index in [0.29, 0.717) is 6.54 Å². The van der Waals surface area contributed by atoms with Gasteiger partial charge in [0.05, 0.1) is 5.56 Å². The molecule has 0 saturated carbocycles. The first kappa shape index (κ1) is 12.2. The first-order valence-corrected chi connectivity index (χ1v) is 5.50. The van der Waals surface area contributed by atoms with Crippen molar-refractivity contribution in [3.8, 4) is 0 Å². The number of anilines is 1. The van der Waals surface area contributed by atoms with E-state index in [1.807, 2.05) is 30.1 Å². The summed E-state index contributed by atoms with van der Waals surface area (Å²) in [5.74, 6) is -0.761. The average molecular weight is 247 g/mol. The van der Waals surface area contributed by atoms with E-state index in [9.17, 15) is 9.18 Å². The lowest BCUT2D eigenvalue weighted by Crippen LogP contribution is -2.23. The summed E-state index contributed by atoms with van der Waals surface area (Å²) in [6, 6.07) is 5.64. The molecule has 0 unspecified atom stereocenters. The molecule has 1 aromatic carbocycles. The number of hydrogen-bond acceptors (Lipinski definition) is 2. The maximum Gasteiger partial charge on any atom is 0.253 e. The third-order valence-corrected chi connectivity index (χ3v) is 2.60. The summed E-state index contributed by atoms with van der Waals surface area (Å²) in [5, 5.41) is 2.73. The summed E-state index contributed by atoms with van der Waals surface area (Å²) in [5.41, 5.74) is 7.01. The number of carbonyl (C=O) groups is 1. The van der Waals surface area contributed by atoms with Crippen LogP contribution in [0.5, 0.6) is 0 Å². The van der Waals surface area contributed by atoms with E-state index in [0.717, 1.165) is 11.6 Å². The Morgan fingerprint density at radius 1 is 1.44 bits per heavy atom. The van der Waals surface area contributed by atoms with Gasteiger partial charge in [-0.3, -0.25) is 4.79 Å². The highest BCUT2D eigenvalue weighted by Gasteiger charge is 2.10. The number of nitrogens with one attached hydrogen (secondary N) is 1. The molecule has 0 spiro atoms. The Hall–Kier alpha value is -2.30. The number of benzene rings is 1. The number of nitrogen functional groups attached to an aromatic ring is 1. The van der Waals surface area contributed by atoms with Gasteiger partial charge in [-0.2, -0.15) is 0 Å². The summed E-state index contributed by atoms with van der Waals surface area (Å²) < 4.78 is 14.7. The molecule has 4 nitrogen and oxygen atoms in total. The van der Waals surface area contributed by atoms with Crippen LogP contribution < -0.4 is 11.1 Å². The van der Waals surface area contributed by atoms with Crippen molar-refractivity contribution in [1.29, 1.82) is 0 Å². The van der Waals surface area contributed by atoms with Crippen molar-refractivity contribution in [1.82, 2.24) is 9.88 Å². The number of nitrogens with zero attached hydrogens (tertiary/aromatic N) is 1. The molecule has 0 radical (unpaired) electrons. The van der Waals surface area contributed by atoms with Gasteiger partial charge in [0.25, 0.3) is 5.91 Å². The zero-order valence-electron chi connectivity index (χ0n) is 9.98. The van der Waals surface area contributed by atoms with Crippen LogP contribution in [0.25, 0.3) is 0 Å². The Morgan fingerprint density at radius 3 is 2.83 bits per heavy atom. The second-order valence-corrected chi connectivity index (χ2v) is 4.10. The summed E-state index contributed by atoms with van der Waals surface area (Å²) in [7, 11) is 1.91. The monoisotopic (exact) mass is 247 g/mol. The van der Waals surface area contributed by atoms with E-state index >= 15 is 0 Å². The highest BCUT2D eigenvalue weighted by atomic mass is 19.1. The first-order valence-electron chi connectivity index (χ1n) is 5.50. The second kappa shape index (κ2) is 4.91. The molecule has 0 aliphatic heterocycles. The quantitative estimate of drug-likeness (QED) is 0.811. The van der Waals surface area contributed by atoms with Crippen molar-refractivity contribution in [2.75, 3.05) is 5.73 Å². The fourth-order valence-electron chi connectivity index (χ4n) is 1.68. The predicted molar refractivity (Wildman–Crippen MR) is 67.4 cm³/mol. The zero-order valence-corrected chi connectivity index (χ0v) is 9.98. The normalized spacial score (nSPS) is 10.3. The van der Waals surface area contributed by atoms with Crippen molar-refractivity contribution < 1.29 is 9.18 Å². The Bertz CT molecular complexity index is 577. The molecule has 1 aromatic heterocycles. The fraction of sp³-hybridized carbons (Fsp3) is 0.154. The number of aromatic nitrogens is 1. The van der Waals surface area contributed by atoms with Gasteiger partial charge in [-0.15, -0.1) is 0 Å². The molecule has 0 aliphatic rings. The SMILES string of the molecule is Cn1ccc(CNC(=O)c2ccc(F)cc2N)c1. The van der Waals surface area contributed by atoms with Crippen molar-refractivity contribution in [3.63, 3.8) is 0 Å². The Kier molecular flexibility index (Phi) is 3.32. The van der Waals surface area contributed by atoms with Crippen LogP contribution in [0.2, 0.25) is 0 Å². The maximum absolute atomic E-state index is 12.9. The second-order valence-electron chi connectivity index (χ2n) is 4.10. The van der Waals surface area contributed by atoms with Crippen LogP contribution in [0.4, 0.5) is 10.1 Å². The summed E-state index contributed by atoms with van der Waals surface area (Å²) >= 11 is 0. The molecule has 0 aliphatic carbocycles. The van der Waals surface area contributed by atoms with Crippen LogP contribution in [0.3, 0.4) is 0 Å². The topological polar surface area (TPSA) is 60.0 Å². The third kappa shape index (κ3) is 2.68. The van der Waals surface area contributed by atoms with Crippen molar-refractivity contribution in [2.45, 2.75) is 6.54 Å². The number of nitrogens with two attached hydrogens (primary N) is 1. The number of carbonyl (C=O) groups excluding carboxylic acids is 1. The highest BCUT2D eigenvalue weighted by Crippen LogP contribution is 2.13. The number of hydrogen-bond donors (Lipinski definition) is 2. The molecule has 1 heterocycles. The number of aryl methyl sites for hydroxylation is 1. The molecular formula is C13H14FN3O. The fourth-order valence-corrected chi connectivity index (χ4v) is 1.68. The van der Waals surface area contributed by atoms with Crippen LogP contribution in [-0.2, 0) is 13.6 Å². The largest absolute Gasteiger partial charge is 0.398 e. The molecule has 0 bridgehead atoms. The maximum atomic E-state index is 12.9. The van der Waals surface area contributed by atoms with Gasteiger partial charge in [-0.05, 0) is 29.8 Å². The van der Waals surface area contributed by atoms with Gasteiger partial charge in [-0.1, -0.05) is 0 Å². The number of halogens is 1. The molecule has 18 heavy (non-hydrogen) atoms. The highest BCUT2D eigenvalue weighted by molar-refractivity contribution is 5.99. The molecular weight excluding hydrogens is 233 g/mol. The Balaban J connectivity index is 2.03. The van der Waals surface area contributed by atoms with Crippen LogP contribution >= 0.6 is 0 Å². The van der Waals surface area contributed by atoms with E-state index in [1.54, 1.807) is 0 Å². The molecule has 94 valence electrons. The third-order valence-electron chi connectivity index (χ3n) is 2.60. The lowest BCUT2D eigenvalue weighted by atomic mass is 10.1. The van der Waals surface area contributed by atoms with Crippen LogP contribution in [0.1, 0.15) is 15.9 Å². The summed E-state index contributed by atoms with van der Waals surface area (Å²) in [6.45, 7) is 0.413. The van der Waals surface area contributed by atoms with E-state index in [2.05, 4.69) is 5.32 Å². The molecule has 0 atom stereocenters. The van der Waals surface area contributed by atoms with Gasteiger partial charge < -0.3 is 15.6 Å². The molecule has 3 N–H and O–H groups in total. The Labute approximate surface area is 104 Å². The molecule has 0 saturated heterocycles. The van der Waals surface area contributed by atoms with Gasteiger partial charge in [-0.25, -0.2) is 4.39 Å². The Morgan fingerprint density at radius 2 is 2.22 bits per heavy atom. The van der Waals surface area contributed by atoms with E-state index in [1.165, 1.54) is 12.1 Å². The molecule has 1 amide bonds. The van der Waals surface area contributed by atoms with E-state index in [-0.39, 0.29) is 17.2 Å². The molecule has 2 aromatic rings. The van der Waals surface area contributed by atoms with Gasteiger partial charge >= 0.3 is 0 Å². The van der Waals surface area contributed by atoms with Gasteiger partial charge in [0, 0.05) is 31.7 Å². The van der Waals surface area contributed by atoms with E-state index in [4.69, 9.17) is 5.73 Å². The lowest BCUT2D eigenvalue weighted by molar-refractivity contribution is 0.0952. The standard InChI is InChI=1S/C13H14FN3O/c1-17-5-4-9(8-17)7-16-13(18)11-3-2-10(14)6-12(11)15/h2-6,8H,7,15H2,1H3,(H,16,18). The summed E-state index contributed by atoms with van der Waals surface area (Å²) in [4.78, 5) is 11.8. The van der Waals surface area contributed by atoms with Gasteiger partial charge in [0.15, 0.2) is 0 Å². The number of amides is 1. The van der Waals surface area contributed by atoms with E-state index < -0.39 is 5.82 Å². The van der Waals surface area contributed by atoms with Crippen LogP contribution in [-0.4, -0.2) is 10.5 Å². The van der Waals surface area contributed by atoms with Crippen LogP contribution in [0, 0.1) is 5.82 Å². The van der Waals surface area contributed by atoms with Gasteiger partial charge in [0.2, 0.25) is 0 Å². The first-order chi connectivity index (χ1) is 8.56. The smallest absolute Gasteiger partial charge is 0.253 e. The van der Waals surface area contributed by atoms with Crippen molar-refractivity contribution >= 4 is 11.6 Å².